The molecule has 39 heavy (non-hydrogen) atoms. The number of carbonyl (C=O) groups is 1. The SMILES string of the molecule is CCCCCCCCCCCCC(=O)NC(COP(=O)(O)OCCN)C(O)CCCCCCCCCCCC. The topological polar surface area (TPSA) is 131 Å². The number of hydrogen-bond acceptors (Lipinski definition) is 6. The van der Waals surface area contributed by atoms with E-state index < -0.39 is 20.0 Å². The summed E-state index contributed by atoms with van der Waals surface area (Å²) in [6.45, 7) is 4.15. The lowest BCUT2D eigenvalue weighted by atomic mass is 10.0. The Morgan fingerprint density at radius 2 is 1.18 bits per heavy atom. The number of phosphoric ester groups is 1. The van der Waals surface area contributed by atoms with Crippen molar-refractivity contribution < 1.29 is 28.4 Å². The van der Waals surface area contributed by atoms with Crippen molar-refractivity contribution in [2.45, 2.75) is 167 Å². The monoisotopic (exact) mass is 578 g/mol. The number of aliphatic hydroxyl groups is 1. The zero-order valence-corrected chi connectivity index (χ0v) is 26.3. The van der Waals surface area contributed by atoms with Crippen molar-refractivity contribution in [2.24, 2.45) is 5.73 Å². The number of rotatable bonds is 30. The van der Waals surface area contributed by atoms with Crippen LogP contribution in [0.5, 0.6) is 0 Å². The molecule has 234 valence electrons. The van der Waals surface area contributed by atoms with Gasteiger partial charge in [0, 0.05) is 13.0 Å². The Kier molecular flexibility index (Phi) is 27.3. The molecular weight excluding hydrogens is 515 g/mol. The fourth-order valence-corrected chi connectivity index (χ4v) is 5.48. The van der Waals surface area contributed by atoms with Crippen LogP contribution in [0.1, 0.15) is 155 Å². The summed E-state index contributed by atoms with van der Waals surface area (Å²) >= 11 is 0. The molecule has 1 amide bonds. The van der Waals surface area contributed by atoms with Gasteiger partial charge in [-0.05, 0) is 12.8 Å². The van der Waals surface area contributed by atoms with E-state index in [0.717, 1.165) is 38.5 Å². The summed E-state index contributed by atoms with van der Waals surface area (Å²) in [4.78, 5) is 22.4. The first-order valence-electron chi connectivity index (χ1n) is 16.2. The lowest BCUT2D eigenvalue weighted by Gasteiger charge is -2.25. The highest BCUT2D eigenvalue weighted by molar-refractivity contribution is 7.47. The molecule has 5 N–H and O–H groups in total. The quantitative estimate of drug-likeness (QED) is 0.0511. The zero-order chi connectivity index (χ0) is 29.0. The highest BCUT2D eigenvalue weighted by atomic mass is 31.2. The molecular formula is C30H63N2O6P. The van der Waals surface area contributed by atoms with Crippen LogP contribution in [0, 0.1) is 0 Å². The second-order valence-electron chi connectivity index (χ2n) is 11.0. The molecule has 0 fully saturated rings. The van der Waals surface area contributed by atoms with E-state index in [1.807, 2.05) is 0 Å². The smallest absolute Gasteiger partial charge is 0.391 e. The fourth-order valence-electron chi connectivity index (χ4n) is 4.72. The predicted molar refractivity (Wildman–Crippen MR) is 162 cm³/mol. The fraction of sp³-hybridized carbons (Fsp3) is 0.967. The first-order valence-corrected chi connectivity index (χ1v) is 17.6. The number of hydrogen-bond donors (Lipinski definition) is 4. The molecule has 0 aliphatic rings. The number of amides is 1. The van der Waals surface area contributed by atoms with Crippen molar-refractivity contribution in [1.29, 1.82) is 0 Å². The molecule has 0 aromatic rings. The molecule has 0 radical (unpaired) electrons. The first kappa shape index (κ1) is 38.5. The molecule has 0 heterocycles. The van der Waals surface area contributed by atoms with Gasteiger partial charge in [0.25, 0.3) is 0 Å². The maximum Gasteiger partial charge on any atom is 0.472 e. The molecule has 0 aliphatic heterocycles. The van der Waals surface area contributed by atoms with Crippen LogP contribution in [0.3, 0.4) is 0 Å². The van der Waals surface area contributed by atoms with Gasteiger partial charge in [0.15, 0.2) is 0 Å². The molecule has 0 rings (SSSR count). The van der Waals surface area contributed by atoms with E-state index in [-0.39, 0.29) is 25.7 Å². The predicted octanol–water partition coefficient (Wildman–Crippen LogP) is 7.55. The van der Waals surface area contributed by atoms with Gasteiger partial charge < -0.3 is 21.1 Å². The normalized spacial score (nSPS) is 14.7. The highest BCUT2D eigenvalue weighted by Crippen LogP contribution is 2.43. The van der Waals surface area contributed by atoms with E-state index in [1.54, 1.807) is 0 Å². The number of nitrogens with one attached hydrogen (secondary N) is 1. The van der Waals surface area contributed by atoms with Gasteiger partial charge in [0.05, 0.1) is 25.4 Å². The number of carbonyl (C=O) groups excluding carboxylic acids is 1. The van der Waals surface area contributed by atoms with Gasteiger partial charge in [-0.15, -0.1) is 0 Å². The third-order valence-electron chi connectivity index (χ3n) is 7.21. The van der Waals surface area contributed by atoms with Crippen molar-refractivity contribution in [3.63, 3.8) is 0 Å². The Bertz CT molecular complexity index is 596. The van der Waals surface area contributed by atoms with Crippen LogP contribution < -0.4 is 11.1 Å². The molecule has 0 aromatic carbocycles. The molecule has 8 nitrogen and oxygen atoms in total. The van der Waals surface area contributed by atoms with Gasteiger partial charge >= 0.3 is 7.82 Å². The van der Waals surface area contributed by atoms with Crippen LogP contribution in [0.15, 0.2) is 0 Å². The average Bonchev–Trinajstić information content (AvgIpc) is 2.91. The molecule has 0 saturated heterocycles. The van der Waals surface area contributed by atoms with Crippen LogP contribution in [0.25, 0.3) is 0 Å². The Labute approximate surface area is 240 Å². The Morgan fingerprint density at radius 1 is 0.744 bits per heavy atom. The lowest BCUT2D eigenvalue weighted by molar-refractivity contribution is -0.123. The van der Waals surface area contributed by atoms with Crippen LogP contribution in [-0.4, -0.2) is 47.8 Å². The van der Waals surface area contributed by atoms with E-state index >= 15 is 0 Å². The zero-order valence-electron chi connectivity index (χ0n) is 25.4. The summed E-state index contributed by atoms with van der Waals surface area (Å²) < 4.78 is 21.9. The summed E-state index contributed by atoms with van der Waals surface area (Å²) in [6, 6.07) is -0.763. The van der Waals surface area contributed by atoms with Gasteiger partial charge in [-0.25, -0.2) is 4.57 Å². The number of nitrogens with two attached hydrogens (primary N) is 1. The van der Waals surface area contributed by atoms with E-state index in [2.05, 4.69) is 19.2 Å². The third-order valence-corrected chi connectivity index (χ3v) is 8.20. The average molecular weight is 579 g/mol. The maximum absolute atomic E-state index is 12.6. The Balaban J connectivity index is 4.35. The van der Waals surface area contributed by atoms with E-state index in [4.69, 9.17) is 14.8 Å². The molecule has 0 aromatic heterocycles. The van der Waals surface area contributed by atoms with Gasteiger partial charge in [-0.2, -0.15) is 0 Å². The van der Waals surface area contributed by atoms with Gasteiger partial charge in [-0.3, -0.25) is 13.8 Å². The van der Waals surface area contributed by atoms with Crippen LogP contribution in [0.4, 0.5) is 0 Å². The molecule has 0 spiro atoms. The van der Waals surface area contributed by atoms with Gasteiger partial charge in [0.1, 0.15) is 0 Å². The van der Waals surface area contributed by atoms with E-state index in [1.165, 1.54) is 89.9 Å². The highest BCUT2D eigenvalue weighted by Gasteiger charge is 2.27. The maximum atomic E-state index is 12.6. The molecule has 0 aliphatic carbocycles. The minimum Gasteiger partial charge on any atom is -0.391 e. The van der Waals surface area contributed by atoms with Crippen LogP contribution >= 0.6 is 7.82 Å². The third kappa shape index (κ3) is 26.2. The van der Waals surface area contributed by atoms with E-state index in [9.17, 15) is 19.4 Å². The molecule has 3 atom stereocenters. The minimum absolute atomic E-state index is 0.0916. The van der Waals surface area contributed by atoms with Gasteiger partial charge in [0.2, 0.25) is 5.91 Å². The Hall–Kier alpha value is -0.500. The van der Waals surface area contributed by atoms with Crippen molar-refractivity contribution in [2.75, 3.05) is 19.8 Å². The van der Waals surface area contributed by atoms with Crippen LogP contribution in [0.2, 0.25) is 0 Å². The summed E-state index contributed by atoms with van der Waals surface area (Å²) in [5, 5.41) is 13.6. The number of phosphoric acid groups is 1. The summed E-state index contributed by atoms with van der Waals surface area (Å²) in [7, 11) is -4.29. The standard InChI is InChI=1S/C30H63N2O6P/c1-3-5-7-9-11-13-15-17-19-21-23-29(33)28(27-38-39(35,36)37-26-25-31)32-30(34)24-22-20-18-16-14-12-10-8-6-4-2/h28-29,33H,3-27,31H2,1-2H3,(H,32,34)(H,35,36). The van der Waals surface area contributed by atoms with Crippen LogP contribution in [-0.2, 0) is 18.4 Å². The second-order valence-corrected chi connectivity index (χ2v) is 12.5. The van der Waals surface area contributed by atoms with Crippen molar-refractivity contribution >= 4 is 13.7 Å². The molecule has 9 heteroatoms. The molecule has 3 unspecified atom stereocenters. The first-order chi connectivity index (χ1) is 18.9. The summed E-state index contributed by atoms with van der Waals surface area (Å²) in [5.74, 6) is -0.166. The lowest BCUT2D eigenvalue weighted by Crippen LogP contribution is -2.46. The minimum atomic E-state index is -4.29. The Morgan fingerprint density at radius 3 is 1.64 bits per heavy atom. The second kappa shape index (κ2) is 27.7. The largest absolute Gasteiger partial charge is 0.472 e. The summed E-state index contributed by atoms with van der Waals surface area (Å²) in [6.07, 6.45) is 23.9. The summed E-state index contributed by atoms with van der Waals surface area (Å²) in [5.41, 5.74) is 5.33. The molecule has 0 bridgehead atoms. The number of aliphatic hydroxyl groups excluding tert-OH is 1. The van der Waals surface area contributed by atoms with Crippen molar-refractivity contribution in [1.82, 2.24) is 5.32 Å². The van der Waals surface area contributed by atoms with E-state index in [0.29, 0.717) is 12.8 Å². The van der Waals surface area contributed by atoms with Crippen molar-refractivity contribution in [3.05, 3.63) is 0 Å². The number of unbranched alkanes of at least 4 members (excludes halogenated alkanes) is 18. The molecule has 0 saturated carbocycles. The van der Waals surface area contributed by atoms with Gasteiger partial charge in [-0.1, -0.05) is 136 Å². The van der Waals surface area contributed by atoms with Crippen molar-refractivity contribution in [3.8, 4) is 0 Å².